The normalized spacial score (nSPS) is 13.3. The third-order valence-electron chi connectivity index (χ3n) is 5.97. The second-order valence-electron chi connectivity index (χ2n) is 9.08. The maximum Gasteiger partial charge on any atom is 0.166 e. The standard InChI is InChI=1S/C29H38NO3P/c1-7-17-29(2,34-27-16-12-11-15-23(27)20-30(3)4)25-18-24(31-5)19-26(32-6)28(25)33-21-22-13-9-8-10-14-22/h8-16,18-19,34H,7,17,20-21H2,1-6H3. The van der Waals surface area contributed by atoms with E-state index in [4.69, 9.17) is 14.2 Å². The number of hydrogen-bond acceptors (Lipinski definition) is 4. The molecule has 182 valence electrons. The van der Waals surface area contributed by atoms with Crippen molar-refractivity contribution in [2.24, 2.45) is 0 Å². The van der Waals surface area contributed by atoms with Crippen molar-refractivity contribution < 1.29 is 14.2 Å². The zero-order chi connectivity index (χ0) is 24.6. The van der Waals surface area contributed by atoms with Crippen LogP contribution in [-0.2, 0) is 18.3 Å². The zero-order valence-electron chi connectivity index (χ0n) is 21.4. The maximum atomic E-state index is 6.49. The van der Waals surface area contributed by atoms with Crippen LogP contribution >= 0.6 is 8.58 Å². The van der Waals surface area contributed by atoms with Crippen molar-refractivity contribution in [2.45, 2.75) is 45.0 Å². The first-order valence-electron chi connectivity index (χ1n) is 11.8. The predicted octanol–water partition coefficient (Wildman–Crippen LogP) is 6.36. The Kier molecular flexibility index (Phi) is 9.38. The minimum absolute atomic E-state index is 0.134. The van der Waals surface area contributed by atoms with E-state index in [0.717, 1.165) is 42.0 Å². The molecule has 0 N–H and O–H groups in total. The van der Waals surface area contributed by atoms with E-state index in [1.807, 2.05) is 24.3 Å². The smallest absolute Gasteiger partial charge is 0.166 e. The lowest BCUT2D eigenvalue weighted by Crippen LogP contribution is -2.24. The molecular formula is C29H38NO3P. The maximum absolute atomic E-state index is 6.49. The molecule has 0 saturated carbocycles. The summed E-state index contributed by atoms with van der Waals surface area (Å²) in [4.78, 5) is 2.23. The van der Waals surface area contributed by atoms with Crippen molar-refractivity contribution in [1.82, 2.24) is 4.90 Å². The van der Waals surface area contributed by atoms with Gasteiger partial charge in [-0.05, 0) is 43.0 Å². The minimum Gasteiger partial charge on any atom is -0.497 e. The van der Waals surface area contributed by atoms with Gasteiger partial charge in [0, 0.05) is 23.3 Å². The summed E-state index contributed by atoms with van der Waals surface area (Å²) in [6.45, 7) is 6.00. The van der Waals surface area contributed by atoms with Crippen LogP contribution in [0.3, 0.4) is 0 Å². The lowest BCUT2D eigenvalue weighted by atomic mass is 9.93. The van der Waals surface area contributed by atoms with Crippen LogP contribution in [0, 0.1) is 0 Å². The Bertz CT molecular complexity index is 1050. The van der Waals surface area contributed by atoms with Crippen molar-refractivity contribution in [3.05, 3.63) is 83.4 Å². The van der Waals surface area contributed by atoms with E-state index < -0.39 is 0 Å². The molecular weight excluding hydrogens is 441 g/mol. The molecule has 0 aliphatic rings. The van der Waals surface area contributed by atoms with Crippen LogP contribution in [0.5, 0.6) is 17.2 Å². The molecule has 4 nitrogen and oxygen atoms in total. The molecule has 0 heterocycles. The number of benzene rings is 3. The van der Waals surface area contributed by atoms with Gasteiger partial charge in [0.05, 0.1) is 14.2 Å². The summed E-state index contributed by atoms with van der Waals surface area (Å²) in [5.41, 5.74) is 3.64. The lowest BCUT2D eigenvalue weighted by Gasteiger charge is -2.34. The molecule has 3 aromatic carbocycles. The lowest BCUT2D eigenvalue weighted by molar-refractivity contribution is 0.276. The number of nitrogens with zero attached hydrogens (tertiary/aromatic N) is 1. The van der Waals surface area contributed by atoms with Gasteiger partial charge in [0.15, 0.2) is 11.5 Å². The van der Waals surface area contributed by atoms with E-state index in [-0.39, 0.29) is 5.16 Å². The van der Waals surface area contributed by atoms with E-state index in [0.29, 0.717) is 20.9 Å². The van der Waals surface area contributed by atoms with Crippen LogP contribution in [0.2, 0.25) is 0 Å². The quantitative estimate of drug-likeness (QED) is 0.283. The third-order valence-corrected chi connectivity index (χ3v) is 7.80. The molecule has 0 radical (unpaired) electrons. The molecule has 0 aromatic heterocycles. The highest BCUT2D eigenvalue weighted by Gasteiger charge is 2.33. The summed E-state index contributed by atoms with van der Waals surface area (Å²) in [5.74, 6) is 2.30. The van der Waals surface area contributed by atoms with Gasteiger partial charge in [-0.3, -0.25) is 0 Å². The van der Waals surface area contributed by atoms with Crippen molar-refractivity contribution >= 4 is 13.9 Å². The van der Waals surface area contributed by atoms with Gasteiger partial charge in [0.2, 0.25) is 0 Å². The summed E-state index contributed by atoms with van der Waals surface area (Å²) >= 11 is 0. The second-order valence-corrected chi connectivity index (χ2v) is 11.0. The molecule has 0 saturated heterocycles. The van der Waals surface area contributed by atoms with E-state index in [2.05, 4.69) is 75.3 Å². The van der Waals surface area contributed by atoms with Gasteiger partial charge in [-0.2, -0.15) is 0 Å². The van der Waals surface area contributed by atoms with Crippen LogP contribution in [0.4, 0.5) is 0 Å². The Labute approximate surface area is 207 Å². The van der Waals surface area contributed by atoms with Crippen LogP contribution in [0.25, 0.3) is 0 Å². The average Bonchev–Trinajstić information content (AvgIpc) is 2.84. The molecule has 34 heavy (non-hydrogen) atoms. The highest BCUT2D eigenvalue weighted by atomic mass is 31.1. The van der Waals surface area contributed by atoms with Gasteiger partial charge in [0.1, 0.15) is 12.4 Å². The zero-order valence-corrected chi connectivity index (χ0v) is 22.4. The van der Waals surface area contributed by atoms with Crippen molar-refractivity contribution in [2.75, 3.05) is 28.3 Å². The Balaban J connectivity index is 2.08. The minimum atomic E-state index is -0.134. The topological polar surface area (TPSA) is 30.9 Å². The first-order valence-corrected chi connectivity index (χ1v) is 12.8. The highest BCUT2D eigenvalue weighted by molar-refractivity contribution is 7.48. The Morgan fingerprint density at radius 2 is 1.62 bits per heavy atom. The van der Waals surface area contributed by atoms with E-state index in [1.165, 1.54) is 10.9 Å². The van der Waals surface area contributed by atoms with Crippen molar-refractivity contribution in [3.63, 3.8) is 0 Å². The molecule has 0 fully saturated rings. The fourth-order valence-corrected chi connectivity index (χ4v) is 6.11. The fourth-order valence-electron chi connectivity index (χ4n) is 4.32. The van der Waals surface area contributed by atoms with E-state index in [1.54, 1.807) is 14.2 Å². The summed E-state index contributed by atoms with van der Waals surface area (Å²) in [5, 5.41) is 1.26. The van der Waals surface area contributed by atoms with E-state index >= 15 is 0 Å². The Morgan fingerprint density at radius 3 is 2.26 bits per heavy atom. The van der Waals surface area contributed by atoms with Gasteiger partial charge in [-0.15, -0.1) is 0 Å². The molecule has 0 aliphatic heterocycles. The molecule has 0 bridgehead atoms. The number of hydrogen-bond donors (Lipinski definition) is 0. The first kappa shape index (κ1) is 26.1. The first-order chi connectivity index (χ1) is 16.4. The van der Waals surface area contributed by atoms with Gasteiger partial charge >= 0.3 is 0 Å². The van der Waals surface area contributed by atoms with Gasteiger partial charge in [-0.1, -0.05) is 83.4 Å². The molecule has 0 aliphatic carbocycles. The number of ether oxygens (including phenoxy) is 3. The fraction of sp³-hybridized carbons (Fsp3) is 0.379. The Morgan fingerprint density at radius 1 is 0.912 bits per heavy atom. The van der Waals surface area contributed by atoms with Crippen LogP contribution in [0.1, 0.15) is 43.4 Å². The van der Waals surface area contributed by atoms with Crippen LogP contribution in [-0.4, -0.2) is 33.2 Å². The summed E-state index contributed by atoms with van der Waals surface area (Å²) < 4.78 is 18.0. The molecule has 3 rings (SSSR count). The molecule has 0 amide bonds. The third kappa shape index (κ3) is 6.52. The largest absolute Gasteiger partial charge is 0.497 e. The summed E-state index contributed by atoms with van der Waals surface area (Å²) in [7, 11) is 8.21. The molecule has 3 aromatic rings. The summed E-state index contributed by atoms with van der Waals surface area (Å²) in [6, 6.07) is 23.1. The predicted molar refractivity (Wildman–Crippen MR) is 144 cm³/mol. The van der Waals surface area contributed by atoms with Crippen LogP contribution < -0.4 is 19.5 Å². The van der Waals surface area contributed by atoms with E-state index in [9.17, 15) is 0 Å². The summed E-state index contributed by atoms with van der Waals surface area (Å²) in [6.07, 6.45) is 2.09. The van der Waals surface area contributed by atoms with Gasteiger partial charge in [-0.25, -0.2) is 0 Å². The van der Waals surface area contributed by atoms with Crippen LogP contribution in [0.15, 0.2) is 66.7 Å². The SMILES string of the molecule is CCCC(C)(Pc1ccccc1CN(C)C)c1cc(OC)cc(OC)c1OCc1ccccc1. The molecule has 2 unspecified atom stereocenters. The monoisotopic (exact) mass is 479 g/mol. The number of methoxy groups -OCH3 is 2. The second kappa shape index (κ2) is 12.2. The van der Waals surface area contributed by atoms with Crippen molar-refractivity contribution in [3.8, 4) is 17.2 Å². The highest BCUT2D eigenvalue weighted by Crippen LogP contribution is 2.52. The Hall–Kier alpha value is -2.55. The molecule has 2 atom stereocenters. The van der Waals surface area contributed by atoms with Crippen molar-refractivity contribution in [1.29, 1.82) is 0 Å². The van der Waals surface area contributed by atoms with Gasteiger partial charge in [0.25, 0.3) is 0 Å². The number of rotatable bonds is 12. The average molecular weight is 480 g/mol. The molecule has 0 spiro atoms. The molecule has 5 heteroatoms. The van der Waals surface area contributed by atoms with Gasteiger partial charge < -0.3 is 19.1 Å².